The standard InChI is InChI=1S/C22H23ClN2O4/c1-14-7-9-16(10-8-14)19(28-12-11-26)13-24-22(27)20-15(2)29-25-21(20)17-5-3-4-6-18(17)23/h3-10,19,26H,11-13H2,1-2H3,(H,24,27). The monoisotopic (exact) mass is 414 g/mol. The SMILES string of the molecule is Cc1ccc(C(CNC(=O)c2c(-c3ccccc3Cl)noc2C)OCCO)cc1. The maximum absolute atomic E-state index is 12.9. The summed E-state index contributed by atoms with van der Waals surface area (Å²) in [6.45, 7) is 3.99. The minimum Gasteiger partial charge on any atom is -0.394 e. The van der Waals surface area contributed by atoms with E-state index in [0.717, 1.165) is 11.1 Å². The van der Waals surface area contributed by atoms with Gasteiger partial charge >= 0.3 is 0 Å². The van der Waals surface area contributed by atoms with Gasteiger partial charge in [-0.15, -0.1) is 0 Å². The van der Waals surface area contributed by atoms with Gasteiger partial charge in [-0.05, 0) is 25.5 Å². The lowest BCUT2D eigenvalue weighted by atomic mass is 10.0. The maximum atomic E-state index is 12.9. The molecule has 2 N–H and O–H groups in total. The van der Waals surface area contributed by atoms with Crippen LogP contribution in [0, 0.1) is 13.8 Å². The third-order valence-electron chi connectivity index (χ3n) is 4.53. The van der Waals surface area contributed by atoms with Gasteiger partial charge in [-0.1, -0.05) is 64.8 Å². The number of hydrogen-bond acceptors (Lipinski definition) is 5. The van der Waals surface area contributed by atoms with Gasteiger partial charge in [0, 0.05) is 12.1 Å². The van der Waals surface area contributed by atoms with Crippen molar-refractivity contribution < 1.29 is 19.2 Å². The van der Waals surface area contributed by atoms with Crippen molar-refractivity contribution in [3.05, 3.63) is 76.0 Å². The minimum absolute atomic E-state index is 0.0995. The molecule has 0 aliphatic rings. The molecule has 0 spiro atoms. The van der Waals surface area contributed by atoms with Crippen molar-refractivity contribution in [1.29, 1.82) is 0 Å². The normalized spacial score (nSPS) is 12.0. The van der Waals surface area contributed by atoms with Gasteiger partial charge in [0.05, 0.1) is 24.3 Å². The van der Waals surface area contributed by atoms with Gasteiger partial charge in [0.25, 0.3) is 5.91 Å². The molecule has 0 aliphatic carbocycles. The topological polar surface area (TPSA) is 84.6 Å². The summed E-state index contributed by atoms with van der Waals surface area (Å²) in [4.78, 5) is 12.9. The van der Waals surface area contributed by atoms with Crippen molar-refractivity contribution in [2.24, 2.45) is 0 Å². The fraction of sp³-hybridized carbons (Fsp3) is 0.273. The number of aliphatic hydroxyl groups excluding tert-OH is 1. The summed E-state index contributed by atoms with van der Waals surface area (Å²) < 4.78 is 11.0. The van der Waals surface area contributed by atoms with Gasteiger partial charge in [-0.3, -0.25) is 4.79 Å². The zero-order valence-electron chi connectivity index (χ0n) is 16.3. The average Bonchev–Trinajstić information content (AvgIpc) is 3.10. The second kappa shape index (κ2) is 9.69. The van der Waals surface area contributed by atoms with Crippen LogP contribution in [0.5, 0.6) is 0 Å². The van der Waals surface area contributed by atoms with E-state index in [1.54, 1.807) is 19.1 Å². The second-order valence-corrected chi connectivity index (χ2v) is 7.05. The molecule has 1 amide bonds. The summed E-state index contributed by atoms with van der Waals surface area (Å²) >= 11 is 6.27. The van der Waals surface area contributed by atoms with Crippen LogP contribution in [-0.2, 0) is 4.74 Å². The van der Waals surface area contributed by atoms with Crippen LogP contribution in [0.2, 0.25) is 5.02 Å². The molecule has 1 atom stereocenters. The summed E-state index contributed by atoms with van der Waals surface area (Å²) in [6, 6.07) is 15.0. The summed E-state index contributed by atoms with van der Waals surface area (Å²) in [5.74, 6) is 0.0731. The second-order valence-electron chi connectivity index (χ2n) is 6.65. The zero-order chi connectivity index (χ0) is 20.8. The van der Waals surface area contributed by atoms with E-state index in [9.17, 15) is 4.79 Å². The van der Waals surface area contributed by atoms with E-state index < -0.39 is 6.10 Å². The maximum Gasteiger partial charge on any atom is 0.257 e. The molecule has 7 heteroatoms. The molecule has 0 radical (unpaired) electrons. The van der Waals surface area contributed by atoms with Crippen LogP contribution < -0.4 is 5.32 Å². The van der Waals surface area contributed by atoms with Crippen LogP contribution in [0.4, 0.5) is 0 Å². The van der Waals surface area contributed by atoms with Crippen molar-refractivity contribution in [3.63, 3.8) is 0 Å². The van der Waals surface area contributed by atoms with Crippen molar-refractivity contribution in [2.45, 2.75) is 20.0 Å². The number of hydrogen-bond donors (Lipinski definition) is 2. The van der Waals surface area contributed by atoms with Crippen molar-refractivity contribution in [2.75, 3.05) is 19.8 Å². The average molecular weight is 415 g/mol. The summed E-state index contributed by atoms with van der Waals surface area (Å²) in [7, 11) is 0. The Morgan fingerprint density at radius 3 is 2.62 bits per heavy atom. The van der Waals surface area contributed by atoms with Gasteiger partial charge < -0.3 is 19.7 Å². The lowest BCUT2D eigenvalue weighted by Crippen LogP contribution is -2.30. The summed E-state index contributed by atoms with van der Waals surface area (Å²) in [5.41, 5.74) is 3.40. The summed E-state index contributed by atoms with van der Waals surface area (Å²) in [6.07, 6.45) is -0.393. The highest BCUT2D eigenvalue weighted by atomic mass is 35.5. The van der Waals surface area contributed by atoms with Gasteiger partial charge in [-0.25, -0.2) is 0 Å². The van der Waals surface area contributed by atoms with E-state index in [4.69, 9.17) is 26.0 Å². The molecule has 0 saturated heterocycles. The number of aliphatic hydroxyl groups is 1. The van der Waals surface area contributed by atoms with Crippen LogP contribution in [0.25, 0.3) is 11.3 Å². The molecule has 29 heavy (non-hydrogen) atoms. The Labute approximate surface area is 174 Å². The molecule has 0 fully saturated rings. The van der Waals surface area contributed by atoms with E-state index in [1.165, 1.54) is 0 Å². The van der Waals surface area contributed by atoms with Crippen LogP contribution >= 0.6 is 11.6 Å². The highest BCUT2D eigenvalue weighted by Crippen LogP contribution is 2.31. The Morgan fingerprint density at radius 2 is 1.93 bits per heavy atom. The lowest BCUT2D eigenvalue weighted by Gasteiger charge is -2.19. The molecule has 1 heterocycles. The van der Waals surface area contributed by atoms with Crippen molar-refractivity contribution in [1.82, 2.24) is 10.5 Å². The molecule has 0 saturated carbocycles. The Morgan fingerprint density at radius 1 is 1.21 bits per heavy atom. The molecule has 1 unspecified atom stereocenters. The van der Waals surface area contributed by atoms with Gasteiger partial charge in [0.1, 0.15) is 17.0 Å². The molecular weight excluding hydrogens is 392 g/mol. The number of aromatic nitrogens is 1. The number of benzene rings is 2. The number of halogens is 1. The Kier molecular flexibility index (Phi) is 7.04. The molecule has 6 nitrogen and oxygen atoms in total. The van der Waals surface area contributed by atoms with Crippen LogP contribution in [0.15, 0.2) is 53.1 Å². The number of carbonyl (C=O) groups is 1. The van der Waals surface area contributed by atoms with E-state index >= 15 is 0 Å². The number of rotatable bonds is 8. The van der Waals surface area contributed by atoms with Gasteiger partial charge in [-0.2, -0.15) is 0 Å². The van der Waals surface area contributed by atoms with E-state index in [1.807, 2.05) is 43.3 Å². The minimum atomic E-state index is -0.393. The molecule has 0 bridgehead atoms. The Balaban J connectivity index is 1.79. The first-order chi connectivity index (χ1) is 14.0. The fourth-order valence-electron chi connectivity index (χ4n) is 3.00. The third kappa shape index (κ3) is 5.03. The number of aryl methyl sites for hydroxylation is 2. The van der Waals surface area contributed by atoms with Crippen molar-refractivity contribution in [3.8, 4) is 11.3 Å². The largest absolute Gasteiger partial charge is 0.394 e. The van der Waals surface area contributed by atoms with Crippen molar-refractivity contribution >= 4 is 17.5 Å². The molecular formula is C22H23ClN2O4. The number of nitrogens with zero attached hydrogens (tertiary/aromatic N) is 1. The number of ether oxygens (including phenoxy) is 1. The molecule has 3 rings (SSSR count). The van der Waals surface area contributed by atoms with E-state index in [2.05, 4.69) is 10.5 Å². The molecule has 2 aromatic carbocycles. The lowest BCUT2D eigenvalue weighted by molar-refractivity contribution is 0.0277. The van der Waals surface area contributed by atoms with Crippen LogP contribution in [0.1, 0.15) is 33.3 Å². The first kappa shape index (κ1) is 21.0. The Bertz CT molecular complexity index is 969. The first-order valence-corrected chi connectivity index (χ1v) is 9.67. The molecule has 0 aliphatic heterocycles. The number of amides is 1. The smallest absolute Gasteiger partial charge is 0.257 e. The molecule has 152 valence electrons. The number of nitrogens with one attached hydrogen (secondary N) is 1. The van der Waals surface area contributed by atoms with Crippen LogP contribution in [-0.4, -0.2) is 35.9 Å². The summed E-state index contributed by atoms with van der Waals surface area (Å²) in [5, 5.41) is 16.5. The number of carbonyl (C=O) groups excluding carboxylic acids is 1. The Hall–Kier alpha value is -2.67. The third-order valence-corrected chi connectivity index (χ3v) is 4.86. The predicted molar refractivity (Wildman–Crippen MR) is 111 cm³/mol. The fourth-order valence-corrected chi connectivity index (χ4v) is 3.22. The van der Waals surface area contributed by atoms with Crippen LogP contribution in [0.3, 0.4) is 0 Å². The quantitative estimate of drug-likeness (QED) is 0.579. The molecule has 1 aromatic heterocycles. The van der Waals surface area contributed by atoms with E-state index in [0.29, 0.717) is 27.6 Å². The predicted octanol–water partition coefficient (Wildman–Crippen LogP) is 4.09. The zero-order valence-corrected chi connectivity index (χ0v) is 17.1. The van der Waals surface area contributed by atoms with E-state index in [-0.39, 0.29) is 25.7 Å². The molecule has 3 aromatic rings. The highest BCUT2D eigenvalue weighted by Gasteiger charge is 2.24. The highest BCUT2D eigenvalue weighted by molar-refractivity contribution is 6.33. The van der Waals surface area contributed by atoms with Gasteiger partial charge in [0.15, 0.2) is 0 Å². The van der Waals surface area contributed by atoms with Gasteiger partial charge in [0.2, 0.25) is 0 Å². The first-order valence-electron chi connectivity index (χ1n) is 9.29.